The number of amides is 1. The van der Waals surface area contributed by atoms with Gasteiger partial charge in [0.25, 0.3) is 0 Å². The van der Waals surface area contributed by atoms with Crippen molar-refractivity contribution in [2.75, 3.05) is 45.6 Å². The predicted octanol–water partition coefficient (Wildman–Crippen LogP) is 6.19. The number of likely N-dealkylation sites (N-methyl/N-ethyl adjacent to an activating group) is 1. The third-order valence-corrected chi connectivity index (χ3v) is 7.39. The van der Waals surface area contributed by atoms with Crippen molar-refractivity contribution in [1.82, 2.24) is 14.4 Å². The zero-order valence-corrected chi connectivity index (χ0v) is 23.4. The van der Waals surface area contributed by atoms with Gasteiger partial charge in [0.05, 0.1) is 23.8 Å². The average Bonchev–Trinajstić information content (AvgIpc) is 3.22. The van der Waals surface area contributed by atoms with Gasteiger partial charge in [0.15, 0.2) is 0 Å². The van der Waals surface area contributed by atoms with E-state index in [9.17, 15) is 22.4 Å². The van der Waals surface area contributed by atoms with Crippen molar-refractivity contribution < 1.29 is 22.4 Å². The molecule has 1 saturated heterocycles. The molecule has 1 aliphatic heterocycles. The van der Waals surface area contributed by atoms with Gasteiger partial charge in [-0.05, 0) is 93.6 Å². The average molecular weight is 577 g/mol. The molecule has 40 heavy (non-hydrogen) atoms. The molecule has 0 saturated carbocycles. The Labute approximate surface area is 237 Å². The van der Waals surface area contributed by atoms with Crippen LogP contribution in [0.25, 0.3) is 10.9 Å². The van der Waals surface area contributed by atoms with Crippen LogP contribution in [0.1, 0.15) is 30.5 Å². The van der Waals surface area contributed by atoms with Crippen LogP contribution in [0.3, 0.4) is 0 Å². The lowest BCUT2D eigenvalue weighted by Crippen LogP contribution is -2.42. The summed E-state index contributed by atoms with van der Waals surface area (Å²) in [5.74, 6) is 5.79. The zero-order chi connectivity index (χ0) is 28.9. The highest BCUT2D eigenvalue weighted by atomic mass is 35.5. The van der Waals surface area contributed by atoms with Gasteiger partial charge in [-0.25, -0.2) is 4.39 Å². The molecule has 0 spiro atoms. The van der Waals surface area contributed by atoms with Crippen LogP contribution in [0.4, 0.5) is 23.2 Å². The van der Waals surface area contributed by atoms with E-state index in [1.54, 1.807) is 18.2 Å². The molecule has 0 radical (unpaired) electrons. The molecule has 1 aliphatic rings. The third-order valence-electron chi connectivity index (χ3n) is 7.08. The molecule has 0 bridgehead atoms. The van der Waals surface area contributed by atoms with Crippen molar-refractivity contribution in [3.05, 3.63) is 64.6 Å². The monoisotopic (exact) mass is 576 g/mol. The summed E-state index contributed by atoms with van der Waals surface area (Å²) in [7, 11) is 3.77. The maximum absolute atomic E-state index is 13.6. The van der Waals surface area contributed by atoms with Crippen LogP contribution in [-0.4, -0.2) is 66.7 Å². The summed E-state index contributed by atoms with van der Waals surface area (Å²) >= 11 is 5.69. The van der Waals surface area contributed by atoms with Gasteiger partial charge in [0, 0.05) is 29.7 Å². The predicted molar refractivity (Wildman–Crippen MR) is 151 cm³/mol. The Morgan fingerprint density at radius 2 is 1.88 bits per heavy atom. The zero-order valence-electron chi connectivity index (χ0n) is 22.6. The van der Waals surface area contributed by atoms with Crippen LogP contribution < -0.4 is 5.32 Å². The fraction of sp³-hybridized carbons (Fsp3) is 0.433. The second-order valence-corrected chi connectivity index (χ2v) is 10.9. The van der Waals surface area contributed by atoms with Gasteiger partial charge in [-0.3, -0.25) is 4.79 Å². The van der Waals surface area contributed by atoms with Gasteiger partial charge in [-0.15, -0.1) is 0 Å². The number of benzene rings is 2. The van der Waals surface area contributed by atoms with E-state index in [1.165, 1.54) is 16.7 Å². The normalized spacial score (nSPS) is 14.4. The molecule has 2 aromatic carbocycles. The van der Waals surface area contributed by atoms with E-state index in [0.29, 0.717) is 29.1 Å². The largest absolute Gasteiger partial charge is 0.406 e. The summed E-state index contributed by atoms with van der Waals surface area (Å²) in [6.07, 6.45) is -0.698. The molecule has 2 heterocycles. The number of rotatable bonds is 8. The molecule has 214 valence electrons. The van der Waals surface area contributed by atoms with Crippen LogP contribution >= 0.6 is 11.6 Å². The van der Waals surface area contributed by atoms with Crippen LogP contribution in [0.5, 0.6) is 0 Å². The minimum absolute atomic E-state index is 0.00478. The first-order valence-corrected chi connectivity index (χ1v) is 13.7. The molecular formula is C30H33ClF4N4O. The lowest BCUT2D eigenvalue weighted by Gasteiger charge is -2.32. The van der Waals surface area contributed by atoms with E-state index < -0.39 is 18.5 Å². The number of carbonyl (C=O) groups is 1. The number of aromatic nitrogens is 1. The number of aryl methyl sites for hydroxylation is 1. The van der Waals surface area contributed by atoms with Crippen molar-refractivity contribution >= 4 is 34.1 Å². The number of hydrogen-bond acceptors (Lipinski definition) is 3. The molecule has 5 nitrogen and oxygen atoms in total. The van der Waals surface area contributed by atoms with Gasteiger partial charge < -0.3 is 19.7 Å². The lowest BCUT2D eigenvalue weighted by molar-refractivity contribution is -0.140. The fourth-order valence-corrected chi connectivity index (χ4v) is 5.15. The van der Waals surface area contributed by atoms with Crippen molar-refractivity contribution in [1.29, 1.82) is 0 Å². The standard InChI is InChI=1S/C30H33ClF4N4O/c1-37(2)19-29(40)38-14-11-21(12-15-38)5-6-22-7-10-28-23(16-22)17-25(39(28)20-30(33,34)35)4-3-13-36-24-8-9-26(31)27(32)18-24/h7-10,16-18,21,36H,5-6,11-15,19-20H2,1-2H3. The molecule has 1 amide bonds. The second-order valence-electron chi connectivity index (χ2n) is 10.5. The summed E-state index contributed by atoms with van der Waals surface area (Å²) < 4.78 is 55.0. The van der Waals surface area contributed by atoms with Gasteiger partial charge in [0.2, 0.25) is 5.91 Å². The molecule has 1 aromatic heterocycles. The SMILES string of the molecule is CN(C)CC(=O)N1CCC(CCc2ccc3c(c2)cc(C#CCNc2ccc(Cl)c(F)c2)n3CC(F)(F)F)CC1. The van der Waals surface area contributed by atoms with Gasteiger partial charge in [-0.2, -0.15) is 13.2 Å². The van der Waals surface area contributed by atoms with Crippen LogP contribution in [-0.2, 0) is 17.8 Å². The minimum Gasteiger partial charge on any atom is -0.374 e. The Morgan fingerprint density at radius 1 is 1.12 bits per heavy atom. The van der Waals surface area contributed by atoms with Gasteiger partial charge in [0.1, 0.15) is 12.4 Å². The van der Waals surface area contributed by atoms with E-state index in [2.05, 4.69) is 17.2 Å². The van der Waals surface area contributed by atoms with Crippen molar-refractivity contribution in [2.24, 2.45) is 5.92 Å². The van der Waals surface area contributed by atoms with Crippen molar-refractivity contribution in [3.8, 4) is 11.8 Å². The molecule has 10 heteroatoms. The topological polar surface area (TPSA) is 40.5 Å². The molecule has 4 rings (SSSR count). The first-order valence-electron chi connectivity index (χ1n) is 13.3. The number of piperidine rings is 1. The molecule has 1 fully saturated rings. The van der Waals surface area contributed by atoms with E-state index in [-0.39, 0.29) is 23.2 Å². The van der Waals surface area contributed by atoms with Crippen LogP contribution in [0, 0.1) is 23.6 Å². The Morgan fingerprint density at radius 3 is 2.55 bits per heavy atom. The Kier molecular flexibility index (Phi) is 9.64. The lowest BCUT2D eigenvalue weighted by atomic mass is 9.90. The summed E-state index contributed by atoms with van der Waals surface area (Å²) in [5, 5.41) is 3.65. The number of nitrogens with zero attached hydrogens (tertiary/aromatic N) is 3. The Bertz CT molecular complexity index is 1400. The summed E-state index contributed by atoms with van der Waals surface area (Å²) in [4.78, 5) is 16.1. The maximum Gasteiger partial charge on any atom is 0.406 e. The number of alkyl halides is 3. The number of hydrogen-bond donors (Lipinski definition) is 1. The summed E-state index contributed by atoms with van der Waals surface area (Å²) in [5.41, 5.74) is 2.28. The highest BCUT2D eigenvalue weighted by Gasteiger charge is 2.29. The van der Waals surface area contributed by atoms with Crippen molar-refractivity contribution in [3.63, 3.8) is 0 Å². The quantitative estimate of drug-likeness (QED) is 0.257. The minimum atomic E-state index is -4.40. The number of halogens is 5. The Balaban J connectivity index is 1.41. The van der Waals surface area contributed by atoms with E-state index >= 15 is 0 Å². The molecule has 0 aliphatic carbocycles. The molecule has 0 unspecified atom stereocenters. The number of likely N-dealkylation sites (tertiary alicyclic amines) is 1. The van der Waals surface area contributed by atoms with Crippen LogP contribution in [0.15, 0.2) is 42.5 Å². The maximum atomic E-state index is 13.6. The molecule has 3 aromatic rings. The first kappa shape index (κ1) is 29.8. The summed E-state index contributed by atoms with van der Waals surface area (Å²) in [6, 6.07) is 11.5. The Hall–Kier alpha value is -3.22. The fourth-order valence-electron chi connectivity index (χ4n) is 5.03. The van der Waals surface area contributed by atoms with Crippen LogP contribution in [0.2, 0.25) is 5.02 Å². The smallest absolute Gasteiger partial charge is 0.374 e. The van der Waals surface area contributed by atoms with Gasteiger partial charge >= 0.3 is 6.18 Å². The number of fused-ring (bicyclic) bond motifs is 1. The van der Waals surface area contributed by atoms with E-state index in [0.717, 1.165) is 44.3 Å². The highest BCUT2D eigenvalue weighted by Crippen LogP contribution is 2.28. The van der Waals surface area contributed by atoms with Crippen molar-refractivity contribution in [2.45, 2.75) is 38.4 Å². The third kappa shape index (κ3) is 8.15. The van der Waals surface area contributed by atoms with Gasteiger partial charge in [-0.1, -0.05) is 23.6 Å². The molecule has 1 N–H and O–H groups in total. The highest BCUT2D eigenvalue weighted by molar-refractivity contribution is 6.30. The van der Waals surface area contributed by atoms with E-state index in [1.807, 2.05) is 36.0 Å². The summed E-state index contributed by atoms with van der Waals surface area (Å²) in [6.45, 7) is 0.936. The molecular weight excluding hydrogens is 544 g/mol. The molecule has 0 atom stereocenters. The van der Waals surface area contributed by atoms with E-state index in [4.69, 9.17) is 11.6 Å². The number of nitrogens with one attached hydrogen (secondary N) is 1. The first-order chi connectivity index (χ1) is 19.0. The number of carbonyl (C=O) groups excluding carboxylic acids is 1. The second kappa shape index (κ2) is 13.0. The number of anilines is 1.